The smallest absolute Gasteiger partial charge is 0.188 e. The molecule has 0 aromatic heterocycles. The Morgan fingerprint density at radius 3 is 2.62 bits per heavy atom. The van der Waals surface area contributed by atoms with Crippen LogP contribution < -0.4 is 0 Å². The van der Waals surface area contributed by atoms with Gasteiger partial charge in [-0.25, -0.2) is 0 Å². The van der Waals surface area contributed by atoms with Gasteiger partial charge < -0.3 is 15.3 Å². The summed E-state index contributed by atoms with van der Waals surface area (Å²) < 4.78 is 0. The molecule has 5 atom stereocenters. The van der Waals surface area contributed by atoms with Crippen LogP contribution in [-0.4, -0.2) is 40.4 Å². The molecular weight excluding hydrogens is 304 g/mol. The van der Waals surface area contributed by atoms with Gasteiger partial charge in [-0.3, -0.25) is 4.79 Å². The van der Waals surface area contributed by atoms with E-state index in [1.807, 2.05) is 6.92 Å². The Kier molecular flexibility index (Phi) is 4.75. The van der Waals surface area contributed by atoms with Gasteiger partial charge in [-0.1, -0.05) is 37.5 Å². The van der Waals surface area contributed by atoms with Crippen molar-refractivity contribution < 1.29 is 20.1 Å². The van der Waals surface area contributed by atoms with Crippen molar-refractivity contribution in [2.24, 2.45) is 23.2 Å². The van der Waals surface area contributed by atoms with E-state index >= 15 is 0 Å². The normalized spacial score (nSPS) is 38.1. The Hall–Kier alpha value is -0.970. The molecule has 0 saturated heterocycles. The predicted molar refractivity (Wildman–Crippen MR) is 92.2 cm³/mol. The molecule has 3 aliphatic rings. The van der Waals surface area contributed by atoms with Crippen LogP contribution in [0.1, 0.15) is 52.9 Å². The summed E-state index contributed by atoms with van der Waals surface area (Å²) in [4.78, 5) is 12.5. The SMILES string of the molecule is C[C@H](CO)C1=C2CC[C@H](CO)C3=C(C[C@@]2(C)CC1)[C@H](C)[C@@H](O)C3=O. The van der Waals surface area contributed by atoms with E-state index in [2.05, 4.69) is 13.8 Å². The largest absolute Gasteiger partial charge is 0.396 e. The van der Waals surface area contributed by atoms with Crippen molar-refractivity contribution in [3.63, 3.8) is 0 Å². The van der Waals surface area contributed by atoms with E-state index in [1.165, 1.54) is 11.1 Å². The fourth-order valence-corrected chi connectivity index (χ4v) is 5.18. The molecule has 0 aromatic carbocycles. The number of carbonyl (C=O) groups excluding carboxylic acids is 1. The number of rotatable bonds is 3. The molecule has 3 rings (SSSR count). The first-order valence-electron chi connectivity index (χ1n) is 9.23. The summed E-state index contributed by atoms with van der Waals surface area (Å²) in [5, 5.41) is 29.7. The van der Waals surface area contributed by atoms with E-state index in [0.29, 0.717) is 5.57 Å². The zero-order chi connectivity index (χ0) is 17.6. The van der Waals surface area contributed by atoms with Crippen LogP contribution in [0.3, 0.4) is 0 Å². The van der Waals surface area contributed by atoms with Crippen molar-refractivity contribution >= 4 is 5.78 Å². The molecule has 0 saturated carbocycles. The monoisotopic (exact) mass is 334 g/mol. The Morgan fingerprint density at radius 2 is 2.00 bits per heavy atom. The number of carbonyl (C=O) groups is 1. The predicted octanol–water partition coefficient (Wildman–Crippen LogP) is 2.38. The van der Waals surface area contributed by atoms with E-state index < -0.39 is 6.10 Å². The van der Waals surface area contributed by atoms with Gasteiger partial charge in [0.25, 0.3) is 0 Å². The summed E-state index contributed by atoms with van der Waals surface area (Å²) in [7, 11) is 0. The summed E-state index contributed by atoms with van der Waals surface area (Å²) in [5.41, 5.74) is 4.58. The molecule has 3 aliphatic carbocycles. The van der Waals surface area contributed by atoms with Crippen molar-refractivity contribution in [1.82, 2.24) is 0 Å². The second kappa shape index (κ2) is 6.40. The van der Waals surface area contributed by atoms with Crippen LogP contribution in [0.15, 0.2) is 22.3 Å². The highest BCUT2D eigenvalue weighted by Gasteiger charge is 2.47. The maximum atomic E-state index is 12.5. The number of ketones is 1. The summed E-state index contributed by atoms with van der Waals surface area (Å²) in [6.45, 7) is 6.40. The number of aliphatic hydroxyl groups is 3. The van der Waals surface area contributed by atoms with Gasteiger partial charge in [-0.05, 0) is 37.5 Å². The quantitative estimate of drug-likeness (QED) is 0.693. The first-order valence-corrected chi connectivity index (χ1v) is 9.23. The van der Waals surface area contributed by atoms with Gasteiger partial charge in [0.05, 0.1) is 6.61 Å². The number of hydrogen-bond acceptors (Lipinski definition) is 4. The molecule has 134 valence electrons. The lowest BCUT2D eigenvalue weighted by Crippen LogP contribution is -2.25. The van der Waals surface area contributed by atoms with Crippen LogP contribution in [-0.2, 0) is 4.79 Å². The number of hydrogen-bond donors (Lipinski definition) is 3. The standard InChI is InChI=1S/C20H30O4/c1-11(9-21)14-6-7-20(3)8-15-12(2)18(23)19(24)17(15)13(10-22)4-5-16(14)20/h11-13,18,21-23H,4-10H2,1-3H3/t11-,12+,13-,18-,20-/m1/s1. The Balaban J connectivity index is 2.07. The van der Waals surface area contributed by atoms with E-state index in [0.717, 1.165) is 37.7 Å². The van der Waals surface area contributed by atoms with Crippen LogP contribution in [0.5, 0.6) is 0 Å². The summed E-state index contributed by atoms with van der Waals surface area (Å²) in [5.74, 6) is -0.322. The zero-order valence-electron chi connectivity index (χ0n) is 15.0. The highest BCUT2D eigenvalue weighted by molar-refractivity contribution is 6.03. The van der Waals surface area contributed by atoms with E-state index in [9.17, 15) is 20.1 Å². The highest BCUT2D eigenvalue weighted by atomic mass is 16.3. The first-order chi connectivity index (χ1) is 11.3. The average Bonchev–Trinajstić information content (AvgIpc) is 2.97. The van der Waals surface area contributed by atoms with Crippen LogP contribution in [0.25, 0.3) is 0 Å². The summed E-state index contributed by atoms with van der Waals surface area (Å²) in [6.07, 6.45) is 3.50. The van der Waals surface area contributed by atoms with Gasteiger partial charge in [-0.2, -0.15) is 0 Å². The number of allylic oxidation sites excluding steroid dienone is 1. The minimum Gasteiger partial charge on any atom is -0.396 e. The molecule has 0 spiro atoms. The average molecular weight is 334 g/mol. The lowest BCUT2D eigenvalue weighted by atomic mass is 9.70. The van der Waals surface area contributed by atoms with Gasteiger partial charge in [-0.15, -0.1) is 0 Å². The third-order valence-corrected chi connectivity index (χ3v) is 6.79. The third-order valence-electron chi connectivity index (χ3n) is 6.79. The highest BCUT2D eigenvalue weighted by Crippen LogP contribution is 2.55. The van der Waals surface area contributed by atoms with Crippen LogP contribution in [0.4, 0.5) is 0 Å². The van der Waals surface area contributed by atoms with E-state index in [-0.39, 0.29) is 42.2 Å². The molecule has 4 nitrogen and oxygen atoms in total. The van der Waals surface area contributed by atoms with Crippen molar-refractivity contribution in [3.05, 3.63) is 22.3 Å². The van der Waals surface area contributed by atoms with Gasteiger partial charge in [0.2, 0.25) is 0 Å². The lowest BCUT2D eigenvalue weighted by Gasteiger charge is -2.35. The van der Waals surface area contributed by atoms with Gasteiger partial charge in [0, 0.05) is 29.9 Å². The number of Topliss-reactive ketones (excluding diaryl/α,β-unsaturated/α-hetero) is 1. The Bertz CT molecular complexity index is 603. The second-order valence-corrected chi connectivity index (χ2v) is 8.28. The molecule has 0 heterocycles. The molecule has 0 fully saturated rings. The number of aliphatic hydroxyl groups excluding tert-OH is 3. The topological polar surface area (TPSA) is 77.8 Å². The molecule has 0 aliphatic heterocycles. The van der Waals surface area contributed by atoms with Crippen molar-refractivity contribution in [1.29, 1.82) is 0 Å². The van der Waals surface area contributed by atoms with Crippen LogP contribution >= 0.6 is 0 Å². The van der Waals surface area contributed by atoms with Crippen LogP contribution in [0, 0.1) is 23.2 Å². The maximum Gasteiger partial charge on any atom is 0.188 e. The minimum atomic E-state index is -0.949. The van der Waals surface area contributed by atoms with Crippen LogP contribution in [0.2, 0.25) is 0 Å². The fraction of sp³-hybridized carbons (Fsp3) is 0.750. The van der Waals surface area contributed by atoms with Gasteiger partial charge in [0.15, 0.2) is 5.78 Å². The molecule has 3 N–H and O–H groups in total. The molecule has 0 radical (unpaired) electrons. The van der Waals surface area contributed by atoms with E-state index in [1.54, 1.807) is 0 Å². The minimum absolute atomic E-state index is 0.0123. The maximum absolute atomic E-state index is 12.5. The van der Waals surface area contributed by atoms with Crippen molar-refractivity contribution in [2.45, 2.75) is 59.0 Å². The second-order valence-electron chi connectivity index (χ2n) is 8.28. The molecule has 24 heavy (non-hydrogen) atoms. The first kappa shape index (κ1) is 17.8. The summed E-state index contributed by atoms with van der Waals surface area (Å²) >= 11 is 0. The Morgan fingerprint density at radius 1 is 1.29 bits per heavy atom. The van der Waals surface area contributed by atoms with Crippen molar-refractivity contribution in [3.8, 4) is 0 Å². The third kappa shape index (κ3) is 2.59. The molecule has 4 heteroatoms. The van der Waals surface area contributed by atoms with Gasteiger partial charge >= 0.3 is 0 Å². The molecule has 0 amide bonds. The lowest BCUT2D eigenvalue weighted by molar-refractivity contribution is -0.124. The van der Waals surface area contributed by atoms with Crippen molar-refractivity contribution in [2.75, 3.05) is 13.2 Å². The summed E-state index contributed by atoms with van der Waals surface area (Å²) in [6, 6.07) is 0. The molecular formula is C20H30O4. The number of fused-ring (bicyclic) bond motifs is 1. The Labute approximate surface area is 144 Å². The molecule has 0 aromatic rings. The van der Waals surface area contributed by atoms with E-state index in [4.69, 9.17) is 0 Å². The molecule has 0 bridgehead atoms. The van der Waals surface area contributed by atoms with Gasteiger partial charge in [0.1, 0.15) is 6.10 Å². The zero-order valence-corrected chi connectivity index (χ0v) is 15.0. The molecule has 0 unspecified atom stereocenters. The fourth-order valence-electron chi connectivity index (χ4n) is 5.18.